The highest BCUT2D eigenvalue weighted by Gasteiger charge is 2.31. The van der Waals surface area contributed by atoms with Crippen LogP contribution in [0.5, 0.6) is 11.5 Å². The fourth-order valence-corrected chi connectivity index (χ4v) is 5.26. The average molecular weight is 665 g/mol. The Bertz CT molecular complexity index is 1900. The van der Waals surface area contributed by atoms with Crippen molar-refractivity contribution in [1.29, 1.82) is 0 Å². The molecule has 9 nitrogen and oxygen atoms in total. The molecular weight excluding hydrogens is 638 g/mol. The number of benzene rings is 2. The molecule has 0 bridgehead atoms. The number of hydrogen-bond donors (Lipinski definition) is 0. The number of nitro benzene ring substituents is 1. The molecule has 4 aromatic rings. The number of hydrogen-bond acceptors (Lipinski definition) is 8. The molecule has 4 heterocycles. The minimum absolute atomic E-state index is 0.0165. The highest BCUT2D eigenvalue weighted by molar-refractivity contribution is 9.10. The van der Waals surface area contributed by atoms with Gasteiger partial charge in [0.2, 0.25) is 0 Å². The molecule has 0 spiro atoms. The van der Waals surface area contributed by atoms with E-state index in [0.717, 1.165) is 26.3 Å². The first-order valence-electron chi connectivity index (χ1n) is 12.9. The molecule has 2 aromatic heterocycles. The quantitative estimate of drug-likeness (QED) is 0.116. The summed E-state index contributed by atoms with van der Waals surface area (Å²) in [6, 6.07) is 21.6. The van der Waals surface area contributed by atoms with Gasteiger partial charge in [-0.05, 0) is 76.2 Å². The smallest absolute Gasteiger partial charge is 0.270 e. The van der Waals surface area contributed by atoms with Crippen molar-refractivity contribution in [3.05, 3.63) is 120 Å². The average Bonchev–Trinajstić information content (AvgIpc) is 2.92. The summed E-state index contributed by atoms with van der Waals surface area (Å²) in [7, 11) is 0. The summed E-state index contributed by atoms with van der Waals surface area (Å²) in [6.07, 6.45) is 3.71. The lowest BCUT2D eigenvalue weighted by atomic mass is 10.1. The molecule has 0 N–H and O–H groups in total. The number of pyridine rings is 2. The van der Waals surface area contributed by atoms with E-state index in [4.69, 9.17) is 38.9 Å². The third kappa shape index (κ3) is 6.25. The molecule has 0 atom stereocenters. The van der Waals surface area contributed by atoms with E-state index in [-0.39, 0.29) is 5.69 Å². The number of fused-ring (bicyclic) bond motifs is 2. The number of halogens is 1. The van der Waals surface area contributed by atoms with Crippen LogP contribution in [0.4, 0.5) is 5.69 Å². The van der Waals surface area contributed by atoms with Crippen LogP contribution in [-0.4, -0.2) is 37.2 Å². The molecule has 0 saturated heterocycles. The monoisotopic (exact) mass is 663 g/mol. The van der Waals surface area contributed by atoms with Gasteiger partial charge in [-0.2, -0.15) is 0 Å². The molecule has 42 heavy (non-hydrogen) atoms. The molecule has 2 aromatic carbocycles. The molecule has 214 valence electrons. The van der Waals surface area contributed by atoms with Crippen LogP contribution in [0.25, 0.3) is 0 Å². The molecule has 6 rings (SSSR count). The summed E-state index contributed by atoms with van der Waals surface area (Å²) in [5.74, 6) is 2.71. The Balaban J connectivity index is 0.000000169. The van der Waals surface area contributed by atoms with Crippen LogP contribution in [0, 0.1) is 19.4 Å². The maximum absolute atomic E-state index is 11.0. The maximum Gasteiger partial charge on any atom is 0.270 e. The Labute approximate surface area is 261 Å². The van der Waals surface area contributed by atoms with Crippen LogP contribution in [-0.2, 0) is 0 Å². The largest absolute Gasteiger partial charge is 0.466 e. The van der Waals surface area contributed by atoms with Gasteiger partial charge in [0.25, 0.3) is 5.69 Å². The molecule has 2 aliphatic rings. The van der Waals surface area contributed by atoms with E-state index in [2.05, 4.69) is 20.9 Å². The summed E-state index contributed by atoms with van der Waals surface area (Å²) in [4.78, 5) is 19.8. The van der Waals surface area contributed by atoms with Gasteiger partial charge < -0.3 is 9.47 Å². The lowest BCUT2D eigenvalue weighted by Crippen LogP contribution is -2.34. The molecule has 0 unspecified atom stereocenters. The van der Waals surface area contributed by atoms with E-state index < -0.39 is 16.4 Å². The predicted molar refractivity (Wildman–Crippen MR) is 171 cm³/mol. The van der Waals surface area contributed by atoms with Gasteiger partial charge in [-0.25, -0.2) is 9.98 Å². The van der Waals surface area contributed by atoms with Crippen molar-refractivity contribution >= 4 is 57.7 Å². The summed E-state index contributed by atoms with van der Waals surface area (Å²) in [5, 5.41) is 11.0. The van der Waals surface area contributed by atoms with Crippen LogP contribution in [0.15, 0.2) is 99.6 Å². The summed E-state index contributed by atoms with van der Waals surface area (Å²) in [6.45, 7) is 7.52. The Kier molecular flexibility index (Phi) is 7.97. The van der Waals surface area contributed by atoms with Crippen molar-refractivity contribution in [3.8, 4) is 11.5 Å². The highest BCUT2D eigenvalue weighted by Crippen LogP contribution is 2.34. The lowest BCUT2D eigenvalue weighted by molar-refractivity contribution is -0.384. The van der Waals surface area contributed by atoms with E-state index in [9.17, 15) is 10.1 Å². The molecule has 0 saturated carbocycles. The van der Waals surface area contributed by atoms with Crippen molar-refractivity contribution in [2.24, 2.45) is 9.98 Å². The first kappa shape index (κ1) is 29.5. The van der Waals surface area contributed by atoms with E-state index in [1.54, 1.807) is 22.9 Å². The lowest BCUT2D eigenvalue weighted by Gasteiger charge is -2.30. The third-order valence-electron chi connectivity index (χ3n) is 6.17. The third-order valence-corrected chi connectivity index (χ3v) is 7.33. The standard InChI is InChI=1S/C15H13BrN2OS.C15H13N3O3S/c1-15(2)17-14(18-8-4-3-5-13(18)20)11-9-10(16)6-7-12(11)19-15;1-15(2)16-14(17-8-4-3-5-13(17)22)11-9-10(18(19)20)6-7-12(11)21-15/h3-9H,1-2H3;3-9H,1-2H3. The molecule has 12 heteroatoms. The zero-order valence-electron chi connectivity index (χ0n) is 23.1. The summed E-state index contributed by atoms with van der Waals surface area (Å²) in [5.41, 5.74) is 0.0816. The molecule has 0 aliphatic carbocycles. The number of aromatic nitrogens is 2. The zero-order chi connectivity index (χ0) is 30.2. The number of nitrogens with zero attached hydrogens (tertiary/aromatic N) is 5. The van der Waals surface area contributed by atoms with Crippen LogP contribution in [0.2, 0.25) is 0 Å². The highest BCUT2D eigenvalue weighted by atomic mass is 79.9. The van der Waals surface area contributed by atoms with Crippen LogP contribution < -0.4 is 9.47 Å². The second-order valence-corrected chi connectivity index (χ2v) is 12.1. The zero-order valence-corrected chi connectivity index (χ0v) is 26.4. The number of non-ortho nitro benzene ring substituents is 1. The number of rotatable bonds is 1. The minimum Gasteiger partial charge on any atom is -0.466 e. The van der Waals surface area contributed by atoms with Gasteiger partial charge in [0.15, 0.2) is 11.4 Å². The first-order valence-corrected chi connectivity index (χ1v) is 14.5. The van der Waals surface area contributed by atoms with Gasteiger partial charge in [-0.1, -0.05) is 52.5 Å². The fourth-order valence-electron chi connectivity index (χ4n) is 4.45. The Morgan fingerprint density at radius 2 is 1.24 bits per heavy atom. The maximum atomic E-state index is 11.0. The molecular formula is C30H26BrN5O4S2. The molecule has 0 fully saturated rings. The Morgan fingerprint density at radius 3 is 1.71 bits per heavy atom. The van der Waals surface area contributed by atoms with Gasteiger partial charge in [0, 0.05) is 29.0 Å². The van der Waals surface area contributed by atoms with Crippen molar-refractivity contribution < 1.29 is 14.4 Å². The number of nitro groups is 1. The van der Waals surface area contributed by atoms with Crippen molar-refractivity contribution in [2.45, 2.75) is 39.1 Å². The second kappa shape index (κ2) is 11.3. The van der Waals surface area contributed by atoms with E-state index >= 15 is 0 Å². The van der Waals surface area contributed by atoms with Crippen LogP contribution >= 0.6 is 40.4 Å². The number of ether oxygens (including phenoxy) is 2. The Hall–Kier alpha value is -4.00. The summed E-state index contributed by atoms with van der Waals surface area (Å²) >= 11 is 14.2. The molecule has 0 amide bonds. The van der Waals surface area contributed by atoms with Gasteiger partial charge in [0.1, 0.15) is 32.5 Å². The second-order valence-electron chi connectivity index (χ2n) is 10.4. The van der Waals surface area contributed by atoms with Crippen molar-refractivity contribution in [3.63, 3.8) is 0 Å². The van der Waals surface area contributed by atoms with Crippen molar-refractivity contribution in [2.75, 3.05) is 0 Å². The summed E-state index contributed by atoms with van der Waals surface area (Å²) < 4.78 is 17.6. The van der Waals surface area contributed by atoms with Crippen LogP contribution in [0.1, 0.15) is 38.8 Å². The van der Waals surface area contributed by atoms with E-state index in [1.165, 1.54) is 12.1 Å². The fraction of sp³-hybridized carbons (Fsp3) is 0.200. The number of aliphatic imine (C=N–C) groups is 2. The molecule has 0 radical (unpaired) electrons. The van der Waals surface area contributed by atoms with Gasteiger partial charge in [0.05, 0.1) is 16.1 Å². The topological polar surface area (TPSA) is 96.2 Å². The van der Waals surface area contributed by atoms with Gasteiger partial charge >= 0.3 is 0 Å². The van der Waals surface area contributed by atoms with Gasteiger partial charge in [-0.15, -0.1) is 0 Å². The van der Waals surface area contributed by atoms with Gasteiger partial charge in [-0.3, -0.25) is 19.2 Å². The normalized spacial score (nSPS) is 15.7. The van der Waals surface area contributed by atoms with E-state index in [1.807, 2.05) is 87.0 Å². The first-order chi connectivity index (χ1) is 19.8. The van der Waals surface area contributed by atoms with E-state index in [0.29, 0.717) is 21.8 Å². The molecule has 2 aliphatic heterocycles. The van der Waals surface area contributed by atoms with Crippen LogP contribution in [0.3, 0.4) is 0 Å². The minimum atomic E-state index is -0.775. The Morgan fingerprint density at radius 1 is 0.762 bits per heavy atom. The SMILES string of the molecule is CC1(C)N=C(n2ccccc2=S)c2cc(Br)ccc2O1.CC1(C)N=C(n2ccccc2=S)c2cc([N+](=O)[O-])ccc2O1. The predicted octanol–water partition coefficient (Wildman–Crippen LogP) is 7.95. The van der Waals surface area contributed by atoms with Crippen molar-refractivity contribution in [1.82, 2.24) is 9.13 Å².